The molecule has 1 aromatic carbocycles. The summed E-state index contributed by atoms with van der Waals surface area (Å²) in [5.41, 5.74) is 0.885. The number of nitrogens with one attached hydrogen (secondary N) is 1. The van der Waals surface area contributed by atoms with Crippen LogP contribution in [0.4, 0.5) is 13.2 Å². The van der Waals surface area contributed by atoms with Crippen LogP contribution in [0.1, 0.15) is 41.0 Å². The zero-order valence-electron chi connectivity index (χ0n) is 18.0. The molecule has 1 saturated heterocycles. The molecule has 0 amide bonds. The van der Waals surface area contributed by atoms with E-state index in [-0.39, 0.29) is 27.4 Å². The summed E-state index contributed by atoms with van der Waals surface area (Å²) in [6.45, 7) is 1.66. The van der Waals surface area contributed by atoms with Gasteiger partial charge in [-0.15, -0.1) is 11.3 Å². The summed E-state index contributed by atoms with van der Waals surface area (Å²) in [5.74, 6) is 0.176. The molecule has 0 spiro atoms. The third-order valence-electron chi connectivity index (χ3n) is 5.63. The van der Waals surface area contributed by atoms with Gasteiger partial charge in [-0.05, 0) is 49.2 Å². The second-order valence-corrected chi connectivity index (χ2v) is 11.6. The summed E-state index contributed by atoms with van der Waals surface area (Å²) in [5, 5.41) is 7.09. The van der Waals surface area contributed by atoms with Crippen LogP contribution < -0.4 is 10.5 Å². The first kappa shape index (κ1) is 26.2. The van der Waals surface area contributed by atoms with Gasteiger partial charge in [-0.1, -0.05) is 29.8 Å². The fourth-order valence-electron chi connectivity index (χ4n) is 3.99. The Bertz CT molecular complexity index is 1330. The van der Waals surface area contributed by atoms with Crippen LogP contribution in [0.3, 0.4) is 0 Å². The van der Waals surface area contributed by atoms with Crippen molar-refractivity contribution < 1.29 is 21.6 Å². The van der Waals surface area contributed by atoms with E-state index in [2.05, 4.69) is 15.3 Å². The van der Waals surface area contributed by atoms with Gasteiger partial charge in [-0.25, -0.2) is 28.5 Å². The molecule has 3 heterocycles. The molecule has 1 fully saturated rings. The summed E-state index contributed by atoms with van der Waals surface area (Å²) in [6, 6.07) is 5.89. The number of rotatable bonds is 6. The van der Waals surface area contributed by atoms with Gasteiger partial charge in [-0.3, -0.25) is 0 Å². The van der Waals surface area contributed by atoms with Gasteiger partial charge in [0.15, 0.2) is 0 Å². The van der Waals surface area contributed by atoms with Gasteiger partial charge in [0, 0.05) is 17.7 Å². The predicted octanol–water partition coefficient (Wildman–Crippen LogP) is 5.32. The number of hydrogen-bond donors (Lipinski definition) is 2. The zero-order valence-corrected chi connectivity index (χ0v) is 21.2. The molecule has 4 rings (SSSR count). The normalized spacial score (nSPS) is 16.4. The molecule has 188 valence electrons. The lowest BCUT2D eigenvalue weighted by molar-refractivity contribution is -0.134. The Kier molecular flexibility index (Phi) is 7.70. The number of nitrogens with zero attached hydrogens (tertiary/aromatic N) is 3. The minimum absolute atomic E-state index is 0.0181. The number of piperidine rings is 1. The van der Waals surface area contributed by atoms with Crippen molar-refractivity contribution in [2.75, 3.05) is 13.1 Å². The Morgan fingerprint density at radius 2 is 1.89 bits per heavy atom. The highest BCUT2D eigenvalue weighted by Gasteiger charge is 2.39. The van der Waals surface area contributed by atoms with Crippen LogP contribution in [0.25, 0.3) is 21.8 Å². The van der Waals surface area contributed by atoms with Crippen molar-refractivity contribution in [2.24, 2.45) is 5.14 Å². The van der Waals surface area contributed by atoms with E-state index in [4.69, 9.17) is 33.3 Å². The second-order valence-electron chi connectivity index (χ2n) is 8.07. The Morgan fingerprint density at radius 1 is 1.17 bits per heavy atom. The minimum Gasteiger partial charge on any atom is -0.317 e. The first-order chi connectivity index (χ1) is 16.4. The fraction of sp³-hybridized carbons (Fsp3) is 0.381. The molecule has 3 aromatic rings. The van der Waals surface area contributed by atoms with Gasteiger partial charge in [0.25, 0.3) is 0 Å². The van der Waals surface area contributed by atoms with Crippen LogP contribution >= 0.6 is 34.5 Å². The van der Waals surface area contributed by atoms with Crippen LogP contribution in [-0.2, 0) is 10.0 Å². The quantitative estimate of drug-likeness (QED) is 0.391. The summed E-state index contributed by atoms with van der Waals surface area (Å²) < 4.78 is 63.8. The Labute approximate surface area is 214 Å². The number of nitrogens with two attached hydrogens (primary N) is 1. The first-order valence-electron chi connectivity index (χ1n) is 10.5. The molecule has 0 radical (unpaired) electrons. The van der Waals surface area contributed by atoms with Crippen LogP contribution in [0.15, 0.2) is 30.5 Å². The average molecular weight is 566 g/mol. The second kappa shape index (κ2) is 10.3. The van der Waals surface area contributed by atoms with E-state index in [9.17, 15) is 21.6 Å². The number of alkyl halides is 3. The average Bonchev–Trinajstić information content (AvgIpc) is 3.22. The summed E-state index contributed by atoms with van der Waals surface area (Å²) in [7, 11) is -4.62. The number of aromatic nitrogens is 3. The van der Waals surface area contributed by atoms with Gasteiger partial charge < -0.3 is 5.32 Å². The number of hydrogen-bond acceptors (Lipinski definition) is 7. The molecular weight excluding hydrogens is 546 g/mol. The van der Waals surface area contributed by atoms with Crippen molar-refractivity contribution in [3.8, 4) is 21.8 Å². The monoisotopic (exact) mass is 565 g/mol. The standard InChI is InChI=1S/C21H20Cl2F3N5O2S2/c22-16-12(15(35(27,32)33)10-21(24,25)26)2-1-3-13(16)17-18(14-6-9-29-20(23)30-14)34-19(31-17)11-4-7-28-8-5-11/h1-3,6,9,11,15,28H,4-5,7-8,10H2,(H2,27,32,33). The molecular formula is C21H20Cl2F3N5O2S2. The highest BCUT2D eigenvalue weighted by atomic mass is 35.5. The third kappa shape index (κ3) is 6.12. The molecule has 14 heteroatoms. The number of primary sulfonamides is 1. The molecule has 35 heavy (non-hydrogen) atoms. The van der Waals surface area contributed by atoms with Crippen LogP contribution in [0.5, 0.6) is 0 Å². The van der Waals surface area contributed by atoms with E-state index < -0.39 is 27.9 Å². The molecule has 7 nitrogen and oxygen atoms in total. The van der Waals surface area contributed by atoms with Crippen molar-refractivity contribution in [1.29, 1.82) is 0 Å². The van der Waals surface area contributed by atoms with Crippen LogP contribution in [0.2, 0.25) is 10.3 Å². The lowest BCUT2D eigenvalue weighted by Gasteiger charge is -2.20. The first-order valence-corrected chi connectivity index (χ1v) is 13.7. The van der Waals surface area contributed by atoms with Gasteiger partial charge in [-0.2, -0.15) is 13.2 Å². The van der Waals surface area contributed by atoms with Crippen LogP contribution in [-0.4, -0.2) is 42.6 Å². The topological polar surface area (TPSA) is 111 Å². The summed E-state index contributed by atoms with van der Waals surface area (Å²) in [4.78, 5) is 13.6. The van der Waals surface area contributed by atoms with Gasteiger partial charge in [0.05, 0.1) is 32.7 Å². The minimum atomic E-state index is -4.78. The van der Waals surface area contributed by atoms with Crippen molar-refractivity contribution in [3.63, 3.8) is 0 Å². The fourth-order valence-corrected chi connectivity index (χ4v) is 6.74. The smallest absolute Gasteiger partial charge is 0.317 e. The lowest BCUT2D eigenvalue weighted by atomic mass is 9.99. The van der Waals surface area contributed by atoms with Crippen molar-refractivity contribution in [1.82, 2.24) is 20.3 Å². The maximum absolute atomic E-state index is 13.2. The summed E-state index contributed by atoms with van der Waals surface area (Å²) >= 11 is 14.0. The van der Waals surface area contributed by atoms with E-state index in [1.165, 1.54) is 29.7 Å². The van der Waals surface area contributed by atoms with E-state index in [0.29, 0.717) is 16.3 Å². The molecule has 0 bridgehead atoms. The molecule has 1 aliphatic heterocycles. The van der Waals surface area contributed by atoms with Crippen molar-refractivity contribution in [3.05, 3.63) is 51.3 Å². The molecule has 1 aliphatic rings. The predicted molar refractivity (Wildman–Crippen MR) is 130 cm³/mol. The third-order valence-corrected chi connectivity index (χ3v) is 8.69. The molecule has 2 aromatic heterocycles. The highest BCUT2D eigenvalue weighted by Crippen LogP contribution is 2.45. The van der Waals surface area contributed by atoms with Crippen molar-refractivity contribution in [2.45, 2.75) is 36.6 Å². The maximum Gasteiger partial charge on any atom is 0.390 e. The largest absolute Gasteiger partial charge is 0.390 e. The Hall–Kier alpha value is -1.83. The molecule has 0 saturated carbocycles. The molecule has 1 unspecified atom stereocenters. The van der Waals surface area contributed by atoms with Gasteiger partial charge in [0.1, 0.15) is 5.25 Å². The number of halogens is 5. The maximum atomic E-state index is 13.2. The molecule has 0 aliphatic carbocycles. The van der Waals surface area contributed by atoms with E-state index in [0.717, 1.165) is 30.9 Å². The van der Waals surface area contributed by atoms with E-state index >= 15 is 0 Å². The summed E-state index contributed by atoms with van der Waals surface area (Å²) in [6.07, 6.45) is -3.23. The Balaban J connectivity index is 1.88. The van der Waals surface area contributed by atoms with Crippen LogP contribution in [0, 0.1) is 0 Å². The Morgan fingerprint density at radius 3 is 2.51 bits per heavy atom. The van der Waals surface area contributed by atoms with Gasteiger partial charge in [0.2, 0.25) is 15.3 Å². The van der Waals surface area contributed by atoms with E-state index in [1.54, 1.807) is 12.1 Å². The van der Waals surface area contributed by atoms with Gasteiger partial charge >= 0.3 is 6.18 Å². The highest BCUT2D eigenvalue weighted by molar-refractivity contribution is 7.89. The van der Waals surface area contributed by atoms with Crippen molar-refractivity contribution >= 4 is 44.6 Å². The number of thiazole rings is 1. The zero-order chi connectivity index (χ0) is 25.4. The number of benzene rings is 1. The lowest BCUT2D eigenvalue weighted by Crippen LogP contribution is -2.27. The molecule has 1 atom stereocenters. The number of sulfonamides is 1. The molecule has 3 N–H and O–H groups in total. The van der Waals surface area contributed by atoms with E-state index in [1.807, 2.05) is 0 Å². The SMILES string of the molecule is NS(=O)(=O)C(CC(F)(F)F)c1cccc(-c2nc(C3CCNCC3)sc2-c2ccnc(Cl)n2)c1Cl.